The molecule has 0 atom stereocenters. The van der Waals surface area contributed by atoms with E-state index < -0.39 is 11.9 Å². The van der Waals surface area contributed by atoms with Crippen LogP contribution >= 0.6 is 0 Å². The summed E-state index contributed by atoms with van der Waals surface area (Å²) >= 11 is 9.65. The molecule has 109 heavy (non-hydrogen) atoms. The van der Waals surface area contributed by atoms with Crippen molar-refractivity contribution in [3.05, 3.63) is 53.2 Å². The summed E-state index contributed by atoms with van der Waals surface area (Å²) in [6, 6.07) is 9.97. The van der Waals surface area contributed by atoms with Crippen LogP contribution in [0.25, 0.3) is 10.9 Å². The summed E-state index contributed by atoms with van der Waals surface area (Å²) < 4.78 is 14.4. The van der Waals surface area contributed by atoms with Crippen molar-refractivity contribution in [3.63, 3.8) is 0 Å². The van der Waals surface area contributed by atoms with Crippen molar-refractivity contribution in [2.24, 2.45) is 0 Å². The summed E-state index contributed by atoms with van der Waals surface area (Å²) in [6.07, 6.45) is 0. The van der Waals surface area contributed by atoms with Crippen LogP contribution < -0.4 is 10.5 Å². The summed E-state index contributed by atoms with van der Waals surface area (Å²) in [5.41, 5.74) is 8.25. The lowest BCUT2D eigenvalue weighted by molar-refractivity contribution is 0.0586. The summed E-state index contributed by atoms with van der Waals surface area (Å²) in [5.74, 6) is -0.454. The minimum Gasteiger partial charge on any atom is -0.508 e. The first-order valence-corrected chi connectivity index (χ1v) is 128. The van der Waals surface area contributed by atoms with Crippen LogP contribution in [0.3, 0.4) is 0 Å². The van der Waals surface area contributed by atoms with Gasteiger partial charge in [0.05, 0.1) is 26.9 Å². The van der Waals surface area contributed by atoms with Crippen LogP contribution in [-0.2, 0) is 733 Å². The number of aromatic nitrogens is 1. The zero-order chi connectivity index (χ0) is 78.7. The minimum absolute atomic E-state index is 0.00963. The lowest BCUT2D eigenvalue weighted by Crippen LogP contribution is -2.04. The second kappa shape index (κ2) is 101. The molecule has 89 heteroatoms. The molecule has 4 N–H and O–H groups in total. The molecule has 0 fully saturated rings. The number of benzene rings is 2. The predicted molar refractivity (Wildman–Crippen MR) is 701 cm³/mol. The maximum Gasteiger partial charge on any atom is 0.358 e. The van der Waals surface area contributed by atoms with E-state index in [4.69, 9.17) is 38.0 Å². The first-order chi connectivity index (χ1) is 53.7. The van der Waals surface area contributed by atoms with Crippen LogP contribution in [0.5, 0.6) is 11.5 Å². The second-order valence-electron chi connectivity index (χ2n) is 11.2. The quantitative estimate of drug-likeness (QED) is 0.207. The van der Waals surface area contributed by atoms with Crippen LogP contribution in [-0.4, -0.2) is 43.4 Å². The van der Waals surface area contributed by atoms with Gasteiger partial charge < -0.3 is 30.0 Å². The monoisotopic (exact) mass is 2980 g/mol. The molecule has 634 valence electrons. The van der Waals surface area contributed by atoms with Gasteiger partial charge >= 0.3 is 11.9 Å². The molecule has 0 bridgehead atoms. The summed E-state index contributed by atoms with van der Waals surface area (Å²) in [4.78, 5) is 25.5. The summed E-state index contributed by atoms with van der Waals surface area (Å²) in [5, 5.41) is 9.91. The van der Waals surface area contributed by atoms with Crippen molar-refractivity contribution >= 4 is 752 Å². The average molecular weight is 2980 g/mol. The van der Waals surface area contributed by atoms with E-state index in [1.807, 2.05) is 602 Å². The third-order valence-electron chi connectivity index (χ3n) is 6.11. The number of aryl methyl sites for hydroxylation is 1. The van der Waals surface area contributed by atoms with Gasteiger partial charge in [0.25, 0.3) is 0 Å². The maximum absolute atomic E-state index is 11.5. The van der Waals surface area contributed by atoms with Gasteiger partial charge in [0.1, 0.15) is 5.75 Å². The largest absolute Gasteiger partial charge is 0.508 e. The number of hydrogen-bond acceptors (Lipinski definition) is 9. The molecule has 8 nitrogen and oxygen atoms in total. The number of phenolic OH excluding ortho intramolecular Hbond substituents is 1. The molecule has 0 aliphatic carbocycles. The highest BCUT2D eigenvalue weighted by atomic mass is 33.6. The number of esters is 2. The van der Waals surface area contributed by atoms with Crippen LogP contribution in [0.4, 0.5) is 5.69 Å². The lowest BCUT2D eigenvalue weighted by atomic mass is 10.1. The Balaban J connectivity index is 0.00000172. The third kappa shape index (κ3) is 84.9. The van der Waals surface area contributed by atoms with E-state index in [0.29, 0.717) is 17.1 Å². The number of carbonyl (C=O) groups excluding carboxylic acids is 2. The molecule has 0 saturated heterocycles. The number of nitrogens with one attached hydrogen (secondary N) is 1. The van der Waals surface area contributed by atoms with Crippen molar-refractivity contribution in [1.82, 2.24) is 4.98 Å². The fourth-order valence-corrected chi connectivity index (χ4v) is 215. The Hall–Kier alpha value is 14.1. The molecular formula is C20H22N2O6S81. The number of rotatable bonds is 3. The Morgan fingerprint density at radius 2 is 0.505 bits per heavy atom. The molecule has 0 aliphatic heterocycles. The molecule has 0 unspecified atom stereocenters. The van der Waals surface area contributed by atoms with E-state index in [0.717, 1.165) is 16.5 Å². The zero-order valence-corrected chi connectivity index (χ0v) is 115. The van der Waals surface area contributed by atoms with Crippen molar-refractivity contribution in [1.29, 1.82) is 0 Å². The van der Waals surface area contributed by atoms with Crippen molar-refractivity contribution in [2.75, 3.05) is 27.1 Å². The van der Waals surface area contributed by atoms with Gasteiger partial charge in [0.2, 0.25) is 0 Å². The standard InChI is InChI=1S/C12H13NO3.C8H9NO3.S81/c1-7-4-5-9-8(6-7)11(15-2)10(13-9)12(14)16-3;1-12-8(11)6-4-5(10)2-3-7(6)9;1-3-5-7-9-11-13-15-17-19-21-23-25-27-29-31-33-35-37-39-41-43-45-47-49-51-53-55-57-59-61-63-65-67-69-71-73-75-77-79-81-80-78-76-74-72-70-68-66-64-62-60-58-56-54-52-50-48-46-44-42-40-38-36-34-32-30-28-26-24-22-20-18-16-14-12-10-8-6-4-2/h4-6,13H,1-3H3;2-4,10H,9H2,1H3;. The van der Waals surface area contributed by atoms with Crippen LogP contribution in [0.2, 0.25) is 0 Å². The van der Waals surface area contributed by atoms with Crippen molar-refractivity contribution < 1.29 is 28.9 Å². The van der Waals surface area contributed by atoms with Gasteiger partial charge in [0, 0.05) is 741 Å². The van der Waals surface area contributed by atoms with E-state index in [-0.39, 0.29) is 11.3 Å². The number of H-pyrrole nitrogens is 1. The Kier molecular flexibility index (Phi) is 112. The molecule has 3 rings (SSSR count). The number of ether oxygens (including phenoxy) is 3. The van der Waals surface area contributed by atoms with Crippen LogP contribution in [0, 0.1) is 6.92 Å². The average Bonchev–Trinajstić information content (AvgIpc) is 1.65. The van der Waals surface area contributed by atoms with Gasteiger partial charge in [-0.1, -0.05) is 11.6 Å². The normalized spacial score (nSPS) is 8.40. The number of methoxy groups -OCH3 is 3. The summed E-state index contributed by atoms with van der Waals surface area (Å²) in [7, 11) is 147. The van der Waals surface area contributed by atoms with Crippen LogP contribution in [0.1, 0.15) is 26.4 Å². The lowest BCUT2D eigenvalue weighted by Gasteiger charge is -2.02. The Bertz CT molecular complexity index is 7540. The topological polar surface area (TPSA) is 124 Å². The smallest absolute Gasteiger partial charge is 0.358 e. The first-order valence-electron chi connectivity index (χ1n) is 21.6. The maximum atomic E-state index is 11.5. The second-order valence-corrected chi connectivity index (χ2v) is 151. The van der Waals surface area contributed by atoms with Gasteiger partial charge in [-0.3, -0.25) is 0 Å². The molecule has 0 radical (unpaired) electrons. The van der Waals surface area contributed by atoms with E-state index in [2.05, 4.69) is 14.5 Å². The number of anilines is 1. The Morgan fingerprint density at radius 3 is 0.688 bits per heavy atom. The van der Waals surface area contributed by atoms with E-state index in [9.17, 15) is 9.59 Å². The van der Waals surface area contributed by atoms with E-state index in [1.54, 1.807) is 107 Å². The summed E-state index contributed by atoms with van der Waals surface area (Å²) in [6.45, 7) is 1.99. The molecule has 3 aromatic rings. The SMILES string of the molecule is COC(=O)c1[nH]c2ccc(C)cc2c1OC.COC(=O)c1cc(O)ccc1N.S=S=S=S=S=S=S=S=S=S=S=S=S=S=S=S=S=S=S=S=S=S=S=S=S=S=S=S=S=S=S=S=S=S=S=S=S=S=S=S=S=S=S=S=S=S=S=S=S=S=S=S=S=S=S=S=S=S=S=S=S=S=S=S=S=S=S=S=S=S=S=S=S=S=S=S=S=S=S=S=S. The fraction of sp³-hybridized carbons (Fsp3) is 0.200. The Labute approximate surface area is 861 Å². The highest BCUT2D eigenvalue weighted by molar-refractivity contribution is 8.85. The van der Waals surface area contributed by atoms with E-state index >= 15 is 0 Å². The zero-order valence-electron chi connectivity index (χ0n) is 49.1. The van der Waals surface area contributed by atoms with Crippen LogP contribution in [0.15, 0.2) is 36.4 Å². The minimum atomic E-state index is -0.552. The van der Waals surface area contributed by atoms with Gasteiger partial charge in [-0.25, -0.2) is 9.59 Å². The molecule has 0 aliphatic rings. The van der Waals surface area contributed by atoms with Gasteiger partial charge in [-0.15, -0.1) is 0 Å². The van der Waals surface area contributed by atoms with E-state index in [1.165, 1.54) is 57.3 Å². The molecule has 0 saturated carbocycles. The van der Waals surface area contributed by atoms with Gasteiger partial charge in [-0.05, 0) is 37.3 Å². The first kappa shape index (κ1) is 121. The number of nitrogen functional groups attached to an aromatic ring is 1. The highest BCUT2D eigenvalue weighted by Crippen LogP contribution is 2.31. The third-order valence-corrected chi connectivity index (χ3v) is 179. The Morgan fingerprint density at radius 1 is 0.303 bits per heavy atom. The predicted octanol–water partition coefficient (Wildman–Crippen LogP) is 2.84. The fourth-order valence-electron chi connectivity index (χ4n) is 3.44. The molecule has 2 aromatic carbocycles. The molecule has 0 amide bonds. The number of nitrogens with two attached hydrogens (primary N) is 1. The number of carbonyl (C=O) groups is 2. The molecular weight excluding hydrogens is 2960 g/mol. The van der Waals surface area contributed by atoms with Gasteiger partial charge in [-0.2, -0.15) is 0 Å². The number of aromatic hydroxyl groups is 1. The van der Waals surface area contributed by atoms with Crippen molar-refractivity contribution in [3.8, 4) is 11.5 Å². The number of hydrogen-bond donors (Lipinski definition) is 3. The number of aromatic amines is 1. The highest BCUT2D eigenvalue weighted by Gasteiger charge is 2.19. The molecule has 1 heterocycles. The number of fused-ring (bicyclic) bond motifs is 1. The number of phenols is 1. The molecule has 1 aromatic heterocycles. The molecule has 0 spiro atoms. The van der Waals surface area contributed by atoms with Gasteiger partial charge in [0.15, 0.2) is 11.4 Å². The van der Waals surface area contributed by atoms with Crippen molar-refractivity contribution in [2.45, 2.75) is 6.92 Å².